The van der Waals surface area contributed by atoms with Gasteiger partial charge in [-0.3, -0.25) is 14.5 Å². The summed E-state index contributed by atoms with van der Waals surface area (Å²) >= 11 is 5.86. The van der Waals surface area contributed by atoms with E-state index in [2.05, 4.69) is 0 Å². The van der Waals surface area contributed by atoms with Crippen LogP contribution in [0.1, 0.15) is 22.3 Å². The van der Waals surface area contributed by atoms with Crippen LogP contribution in [-0.4, -0.2) is 54.4 Å². The molecule has 0 radical (unpaired) electrons. The molecular weight excluding hydrogens is 370 g/mol. The lowest BCUT2D eigenvalue weighted by Gasteiger charge is -2.21. The number of carboxylic acid groups (broad SMARTS) is 3. The number of hydrogen-bond acceptors (Lipinski definition) is 6. The first kappa shape index (κ1) is 18.6. The first-order valence-corrected chi connectivity index (χ1v) is 7.98. The van der Waals surface area contributed by atoms with Crippen LogP contribution in [0.25, 0.3) is 6.08 Å². The SMILES string of the molecule is O=C(O)CC(C(=O)O)N1C(=O)/C(=C/c2ccc(C(=O)O)cc2)SC1=S. The van der Waals surface area contributed by atoms with E-state index in [1.165, 1.54) is 30.3 Å². The number of rotatable bonds is 6. The van der Waals surface area contributed by atoms with E-state index < -0.39 is 36.3 Å². The minimum atomic E-state index is -1.59. The summed E-state index contributed by atoms with van der Waals surface area (Å²) in [4.78, 5) is 46.3. The van der Waals surface area contributed by atoms with Crippen LogP contribution in [-0.2, 0) is 14.4 Å². The Balaban J connectivity index is 2.29. The summed E-state index contributed by atoms with van der Waals surface area (Å²) in [5, 5.41) is 26.9. The van der Waals surface area contributed by atoms with Crippen molar-refractivity contribution in [2.75, 3.05) is 0 Å². The number of amides is 1. The van der Waals surface area contributed by atoms with Crippen molar-refractivity contribution in [3.05, 3.63) is 40.3 Å². The van der Waals surface area contributed by atoms with Crippen molar-refractivity contribution in [2.24, 2.45) is 0 Å². The second-order valence-corrected chi connectivity index (χ2v) is 6.61. The zero-order chi connectivity index (χ0) is 18.7. The second-order valence-electron chi connectivity index (χ2n) is 4.93. The number of aliphatic carboxylic acids is 2. The molecule has 1 atom stereocenters. The highest BCUT2D eigenvalue weighted by atomic mass is 32.2. The Bertz CT molecular complexity index is 801. The number of aromatic carboxylic acids is 1. The Morgan fingerprint density at radius 3 is 2.24 bits per heavy atom. The Labute approximate surface area is 150 Å². The molecule has 1 heterocycles. The molecule has 1 aromatic carbocycles. The van der Waals surface area contributed by atoms with Crippen LogP contribution < -0.4 is 0 Å². The number of carboxylic acids is 3. The molecule has 1 amide bonds. The molecule has 130 valence electrons. The van der Waals surface area contributed by atoms with Gasteiger partial charge in [0.1, 0.15) is 10.4 Å². The summed E-state index contributed by atoms with van der Waals surface area (Å²) in [6, 6.07) is 4.10. The number of thioether (sulfide) groups is 1. The molecule has 8 nitrogen and oxygen atoms in total. The molecule has 1 aliphatic rings. The minimum Gasteiger partial charge on any atom is -0.481 e. The largest absolute Gasteiger partial charge is 0.481 e. The third-order valence-electron chi connectivity index (χ3n) is 3.24. The fraction of sp³-hybridized carbons (Fsp3) is 0.133. The van der Waals surface area contributed by atoms with Gasteiger partial charge in [0.15, 0.2) is 0 Å². The van der Waals surface area contributed by atoms with E-state index in [-0.39, 0.29) is 14.8 Å². The van der Waals surface area contributed by atoms with Crippen molar-refractivity contribution < 1.29 is 34.5 Å². The van der Waals surface area contributed by atoms with Crippen LogP contribution in [0.3, 0.4) is 0 Å². The summed E-state index contributed by atoms with van der Waals surface area (Å²) in [5.74, 6) is -4.62. The van der Waals surface area contributed by atoms with E-state index in [1.54, 1.807) is 0 Å². The zero-order valence-corrected chi connectivity index (χ0v) is 14.0. The molecular formula is C15H11NO7S2. The van der Waals surface area contributed by atoms with E-state index in [1.807, 2.05) is 0 Å². The summed E-state index contributed by atoms with van der Waals surface area (Å²) in [6.45, 7) is 0. The molecule has 25 heavy (non-hydrogen) atoms. The summed E-state index contributed by atoms with van der Waals surface area (Å²) in [7, 11) is 0. The van der Waals surface area contributed by atoms with Crippen molar-refractivity contribution in [2.45, 2.75) is 12.5 Å². The first-order chi connectivity index (χ1) is 11.7. The standard InChI is InChI=1S/C15H11NO7S2/c17-11(18)6-9(14(22)23)16-12(19)10(25-15(16)24)5-7-1-3-8(4-2-7)13(20)21/h1-5,9H,6H2,(H,17,18)(H,20,21)(H,22,23)/b10-5-. The minimum absolute atomic E-state index is 0.0490. The molecule has 1 aromatic rings. The molecule has 1 saturated heterocycles. The number of carbonyl (C=O) groups excluding carboxylic acids is 1. The highest BCUT2D eigenvalue weighted by Gasteiger charge is 2.41. The lowest BCUT2D eigenvalue weighted by Crippen LogP contribution is -2.45. The predicted molar refractivity (Wildman–Crippen MR) is 92.1 cm³/mol. The molecule has 10 heteroatoms. The van der Waals surface area contributed by atoms with Crippen molar-refractivity contribution >= 4 is 58.2 Å². The topological polar surface area (TPSA) is 132 Å². The van der Waals surface area contributed by atoms with Gasteiger partial charge in [-0.25, -0.2) is 9.59 Å². The number of nitrogens with zero attached hydrogens (tertiary/aromatic N) is 1. The van der Waals surface area contributed by atoms with Gasteiger partial charge >= 0.3 is 17.9 Å². The monoisotopic (exact) mass is 381 g/mol. The van der Waals surface area contributed by atoms with Gasteiger partial charge in [-0.05, 0) is 23.8 Å². The van der Waals surface area contributed by atoms with E-state index >= 15 is 0 Å². The molecule has 2 rings (SSSR count). The van der Waals surface area contributed by atoms with Gasteiger partial charge < -0.3 is 15.3 Å². The van der Waals surface area contributed by atoms with Crippen LogP contribution in [0.15, 0.2) is 29.2 Å². The number of thiocarbonyl (C=S) groups is 1. The van der Waals surface area contributed by atoms with Gasteiger partial charge in [0.25, 0.3) is 5.91 Å². The van der Waals surface area contributed by atoms with Crippen LogP contribution >= 0.6 is 24.0 Å². The molecule has 0 aromatic heterocycles. The second kappa shape index (κ2) is 7.45. The Kier molecular flexibility index (Phi) is 5.55. The van der Waals surface area contributed by atoms with Crippen LogP contribution in [0, 0.1) is 0 Å². The lowest BCUT2D eigenvalue weighted by atomic mass is 10.1. The Hall–Kier alpha value is -2.72. The lowest BCUT2D eigenvalue weighted by molar-refractivity contribution is -0.150. The van der Waals surface area contributed by atoms with E-state index in [0.29, 0.717) is 5.56 Å². The van der Waals surface area contributed by atoms with Gasteiger partial charge in [0.2, 0.25) is 0 Å². The first-order valence-electron chi connectivity index (χ1n) is 6.75. The fourth-order valence-corrected chi connectivity index (χ4v) is 3.43. The summed E-state index contributed by atoms with van der Waals surface area (Å²) in [6.07, 6.45) is 0.660. The third-order valence-corrected chi connectivity index (χ3v) is 4.57. The smallest absolute Gasteiger partial charge is 0.335 e. The normalized spacial score (nSPS) is 17.0. The number of hydrogen-bond donors (Lipinski definition) is 3. The van der Waals surface area contributed by atoms with Crippen LogP contribution in [0.2, 0.25) is 0 Å². The van der Waals surface area contributed by atoms with Gasteiger partial charge in [-0.15, -0.1) is 0 Å². The number of benzene rings is 1. The molecule has 0 spiro atoms. The van der Waals surface area contributed by atoms with Crippen molar-refractivity contribution in [3.63, 3.8) is 0 Å². The molecule has 0 bridgehead atoms. The zero-order valence-electron chi connectivity index (χ0n) is 12.4. The average molecular weight is 381 g/mol. The maximum absolute atomic E-state index is 12.4. The van der Waals surface area contributed by atoms with Crippen molar-refractivity contribution in [1.29, 1.82) is 0 Å². The highest BCUT2D eigenvalue weighted by Crippen LogP contribution is 2.34. The average Bonchev–Trinajstić information content (AvgIpc) is 2.79. The molecule has 3 N–H and O–H groups in total. The predicted octanol–water partition coefficient (Wildman–Crippen LogP) is 1.51. The molecule has 1 unspecified atom stereocenters. The van der Waals surface area contributed by atoms with Gasteiger partial charge in [0, 0.05) is 0 Å². The van der Waals surface area contributed by atoms with Crippen molar-refractivity contribution in [3.8, 4) is 0 Å². The molecule has 0 saturated carbocycles. The van der Waals surface area contributed by atoms with E-state index in [4.69, 9.17) is 22.4 Å². The summed E-state index contributed by atoms with van der Waals surface area (Å²) < 4.78 is -0.0490. The van der Waals surface area contributed by atoms with Gasteiger partial charge in [-0.1, -0.05) is 36.1 Å². The maximum atomic E-state index is 12.4. The van der Waals surface area contributed by atoms with Crippen LogP contribution in [0.4, 0.5) is 0 Å². The fourth-order valence-electron chi connectivity index (χ4n) is 2.08. The Morgan fingerprint density at radius 1 is 1.16 bits per heavy atom. The maximum Gasteiger partial charge on any atom is 0.335 e. The van der Waals surface area contributed by atoms with Gasteiger partial charge in [-0.2, -0.15) is 0 Å². The molecule has 1 aliphatic heterocycles. The van der Waals surface area contributed by atoms with E-state index in [0.717, 1.165) is 16.7 Å². The Morgan fingerprint density at radius 2 is 1.76 bits per heavy atom. The van der Waals surface area contributed by atoms with Gasteiger partial charge in [0.05, 0.1) is 16.9 Å². The van der Waals surface area contributed by atoms with E-state index in [9.17, 15) is 24.3 Å². The third kappa shape index (κ3) is 4.22. The highest BCUT2D eigenvalue weighted by molar-refractivity contribution is 8.26. The van der Waals surface area contributed by atoms with Crippen molar-refractivity contribution in [1.82, 2.24) is 4.90 Å². The van der Waals surface area contributed by atoms with Crippen LogP contribution in [0.5, 0.6) is 0 Å². The summed E-state index contributed by atoms with van der Waals surface area (Å²) in [5.41, 5.74) is 0.604. The number of carbonyl (C=O) groups is 4. The molecule has 0 aliphatic carbocycles. The molecule has 1 fully saturated rings. The quantitative estimate of drug-likeness (QED) is 0.495.